The van der Waals surface area contributed by atoms with Crippen molar-refractivity contribution in [2.45, 2.75) is 39.8 Å². The summed E-state index contributed by atoms with van der Waals surface area (Å²) in [6.45, 7) is 7.51. The largest absolute Gasteiger partial charge is 0.339 e. The van der Waals surface area contributed by atoms with Crippen LogP contribution in [-0.4, -0.2) is 27.1 Å². The third-order valence-corrected chi connectivity index (χ3v) is 2.77. The minimum absolute atomic E-state index is 0.269. The van der Waals surface area contributed by atoms with E-state index in [1.807, 2.05) is 46.0 Å². The maximum absolute atomic E-state index is 5.19. The zero-order valence-electron chi connectivity index (χ0n) is 11.9. The zero-order valence-corrected chi connectivity index (χ0v) is 11.9. The van der Waals surface area contributed by atoms with Crippen molar-refractivity contribution in [3.8, 4) is 0 Å². The molecule has 0 fully saturated rings. The summed E-state index contributed by atoms with van der Waals surface area (Å²) < 4.78 is 5.19. The van der Waals surface area contributed by atoms with E-state index >= 15 is 0 Å². The van der Waals surface area contributed by atoms with E-state index in [4.69, 9.17) is 4.52 Å². The van der Waals surface area contributed by atoms with Gasteiger partial charge < -0.3 is 4.52 Å². The molecular formula is C14H20N4O. The number of pyridine rings is 1. The van der Waals surface area contributed by atoms with Crippen molar-refractivity contribution in [2.75, 3.05) is 7.05 Å². The standard InChI is InChI=1S/C14H20N4O/c1-10(2)14-16-13(17-19-14)9-18(4)8-12-7-5-6-11(3)15-12/h5-7,10H,8-9H2,1-4H3. The van der Waals surface area contributed by atoms with E-state index < -0.39 is 0 Å². The summed E-state index contributed by atoms with van der Waals surface area (Å²) in [6.07, 6.45) is 0. The van der Waals surface area contributed by atoms with E-state index in [0.29, 0.717) is 12.4 Å². The van der Waals surface area contributed by atoms with Gasteiger partial charge in [-0.15, -0.1) is 0 Å². The summed E-state index contributed by atoms with van der Waals surface area (Å²) in [4.78, 5) is 11.0. The molecule has 0 aromatic carbocycles. The van der Waals surface area contributed by atoms with Gasteiger partial charge in [-0.2, -0.15) is 4.98 Å². The molecule has 0 aliphatic carbocycles. The molecular weight excluding hydrogens is 240 g/mol. The molecule has 0 N–H and O–H groups in total. The van der Waals surface area contributed by atoms with Gasteiger partial charge in [-0.05, 0) is 26.1 Å². The zero-order chi connectivity index (χ0) is 13.8. The minimum atomic E-state index is 0.269. The average Bonchev–Trinajstić information content (AvgIpc) is 2.77. The maximum Gasteiger partial charge on any atom is 0.229 e. The Morgan fingerprint density at radius 2 is 2.00 bits per heavy atom. The monoisotopic (exact) mass is 260 g/mol. The molecule has 2 rings (SSSR count). The van der Waals surface area contributed by atoms with Gasteiger partial charge in [0.25, 0.3) is 0 Å². The van der Waals surface area contributed by atoms with Crippen molar-refractivity contribution >= 4 is 0 Å². The Morgan fingerprint density at radius 3 is 2.63 bits per heavy atom. The van der Waals surface area contributed by atoms with Crippen LogP contribution in [0.3, 0.4) is 0 Å². The lowest BCUT2D eigenvalue weighted by molar-refractivity contribution is 0.295. The van der Waals surface area contributed by atoms with Crippen molar-refractivity contribution < 1.29 is 4.52 Å². The highest BCUT2D eigenvalue weighted by Gasteiger charge is 2.11. The highest BCUT2D eigenvalue weighted by atomic mass is 16.5. The van der Waals surface area contributed by atoms with Crippen LogP contribution in [-0.2, 0) is 13.1 Å². The van der Waals surface area contributed by atoms with Gasteiger partial charge in [-0.25, -0.2) is 0 Å². The molecule has 0 amide bonds. The molecule has 0 atom stereocenters. The van der Waals surface area contributed by atoms with Gasteiger partial charge in [0.1, 0.15) is 0 Å². The first-order valence-corrected chi connectivity index (χ1v) is 6.48. The number of hydrogen-bond donors (Lipinski definition) is 0. The highest BCUT2D eigenvalue weighted by Crippen LogP contribution is 2.12. The molecule has 0 saturated carbocycles. The first kappa shape index (κ1) is 13.7. The quantitative estimate of drug-likeness (QED) is 0.826. The lowest BCUT2D eigenvalue weighted by atomic mass is 10.2. The Hall–Kier alpha value is -1.75. The number of aryl methyl sites for hydroxylation is 1. The van der Waals surface area contributed by atoms with Crippen LogP contribution in [0.4, 0.5) is 0 Å². The average molecular weight is 260 g/mol. The summed E-state index contributed by atoms with van der Waals surface area (Å²) in [5.41, 5.74) is 2.09. The molecule has 0 aliphatic rings. The summed E-state index contributed by atoms with van der Waals surface area (Å²) in [5, 5.41) is 3.99. The number of rotatable bonds is 5. The molecule has 5 heteroatoms. The molecule has 0 radical (unpaired) electrons. The van der Waals surface area contributed by atoms with E-state index in [0.717, 1.165) is 23.8 Å². The SMILES string of the molecule is Cc1cccc(CN(C)Cc2noc(C(C)C)n2)n1. The topological polar surface area (TPSA) is 55.1 Å². The van der Waals surface area contributed by atoms with Crippen LogP contribution in [0, 0.1) is 6.92 Å². The van der Waals surface area contributed by atoms with Crippen LogP contribution in [0.15, 0.2) is 22.7 Å². The predicted octanol–water partition coefficient (Wildman–Crippen LogP) is 2.53. The van der Waals surface area contributed by atoms with Crippen molar-refractivity contribution in [1.29, 1.82) is 0 Å². The second-order valence-electron chi connectivity index (χ2n) is 5.15. The fourth-order valence-electron chi connectivity index (χ4n) is 1.83. The number of hydrogen-bond acceptors (Lipinski definition) is 5. The molecule has 102 valence electrons. The summed E-state index contributed by atoms with van der Waals surface area (Å²) in [5.74, 6) is 1.68. The molecule has 2 aromatic heterocycles. The van der Waals surface area contributed by atoms with Crippen LogP contribution < -0.4 is 0 Å². The van der Waals surface area contributed by atoms with Gasteiger partial charge in [-0.3, -0.25) is 9.88 Å². The fraction of sp³-hybridized carbons (Fsp3) is 0.500. The second kappa shape index (κ2) is 5.93. The normalized spacial score (nSPS) is 11.5. The highest BCUT2D eigenvalue weighted by molar-refractivity contribution is 5.09. The lowest BCUT2D eigenvalue weighted by Crippen LogP contribution is -2.19. The Bertz CT molecular complexity index is 536. The van der Waals surface area contributed by atoms with E-state index in [9.17, 15) is 0 Å². The van der Waals surface area contributed by atoms with E-state index in [2.05, 4.69) is 20.0 Å². The first-order chi connectivity index (χ1) is 9.04. The summed E-state index contributed by atoms with van der Waals surface area (Å²) >= 11 is 0. The van der Waals surface area contributed by atoms with E-state index in [-0.39, 0.29) is 5.92 Å². The van der Waals surface area contributed by atoms with Crippen molar-refractivity contribution in [3.63, 3.8) is 0 Å². The van der Waals surface area contributed by atoms with Gasteiger partial charge in [0, 0.05) is 18.2 Å². The smallest absolute Gasteiger partial charge is 0.229 e. The van der Waals surface area contributed by atoms with Crippen LogP contribution in [0.2, 0.25) is 0 Å². The summed E-state index contributed by atoms with van der Waals surface area (Å²) in [6, 6.07) is 6.05. The van der Waals surface area contributed by atoms with E-state index in [1.165, 1.54) is 0 Å². The Balaban J connectivity index is 1.95. The van der Waals surface area contributed by atoms with Gasteiger partial charge in [-0.1, -0.05) is 25.1 Å². The molecule has 2 aromatic rings. The molecule has 5 nitrogen and oxygen atoms in total. The minimum Gasteiger partial charge on any atom is -0.339 e. The van der Waals surface area contributed by atoms with Crippen LogP contribution >= 0.6 is 0 Å². The molecule has 0 aliphatic heterocycles. The van der Waals surface area contributed by atoms with Gasteiger partial charge >= 0.3 is 0 Å². The molecule has 2 heterocycles. The molecule has 19 heavy (non-hydrogen) atoms. The number of nitrogens with zero attached hydrogens (tertiary/aromatic N) is 4. The molecule has 0 unspecified atom stereocenters. The van der Waals surface area contributed by atoms with E-state index in [1.54, 1.807) is 0 Å². The second-order valence-corrected chi connectivity index (χ2v) is 5.15. The Labute approximate surface area is 113 Å². The third kappa shape index (κ3) is 3.86. The van der Waals surface area contributed by atoms with Crippen LogP contribution in [0.25, 0.3) is 0 Å². The molecule has 0 spiro atoms. The molecule has 0 bridgehead atoms. The predicted molar refractivity (Wildman–Crippen MR) is 72.5 cm³/mol. The fourth-order valence-corrected chi connectivity index (χ4v) is 1.83. The van der Waals surface area contributed by atoms with Crippen molar-refractivity contribution in [3.05, 3.63) is 41.3 Å². The van der Waals surface area contributed by atoms with Crippen molar-refractivity contribution in [1.82, 2.24) is 20.0 Å². The van der Waals surface area contributed by atoms with Gasteiger partial charge in [0.05, 0.1) is 12.2 Å². The first-order valence-electron chi connectivity index (χ1n) is 6.48. The Morgan fingerprint density at radius 1 is 1.21 bits per heavy atom. The third-order valence-electron chi connectivity index (χ3n) is 2.77. The molecule has 0 saturated heterocycles. The summed E-state index contributed by atoms with van der Waals surface area (Å²) in [7, 11) is 2.02. The van der Waals surface area contributed by atoms with Crippen LogP contribution in [0.5, 0.6) is 0 Å². The number of aromatic nitrogens is 3. The Kier molecular flexibility index (Phi) is 4.27. The van der Waals surface area contributed by atoms with Gasteiger partial charge in [0.15, 0.2) is 5.82 Å². The van der Waals surface area contributed by atoms with Gasteiger partial charge in [0.2, 0.25) is 5.89 Å². The van der Waals surface area contributed by atoms with Crippen LogP contribution in [0.1, 0.15) is 42.9 Å². The lowest BCUT2D eigenvalue weighted by Gasteiger charge is -2.13. The van der Waals surface area contributed by atoms with Crippen molar-refractivity contribution in [2.24, 2.45) is 0 Å². The maximum atomic E-state index is 5.19.